The summed E-state index contributed by atoms with van der Waals surface area (Å²) in [5.41, 5.74) is -1.89. The highest BCUT2D eigenvalue weighted by molar-refractivity contribution is 5.98. The van der Waals surface area contributed by atoms with Crippen LogP contribution in [0.2, 0.25) is 0 Å². The molecule has 1 saturated carbocycles. The zero-order chi connectivity index (χ0) is 20.4. The molecule has 1 aromatic rings. The molecule has 1 N–H and O–H groups in total. The first-order valence-electron chi connectivity index (χ1n) is 9.71. The third kappa shape index (κ3) is 4.01. The maximum atomic E-state index is 13.3. The number of nitrogens with zero attached hydrogens (tertiary/aromatic N) is 1. The first-order valence-corrected chi connectivity index (χ1v) is 9.71. The van der Waals surface area contributed by atoms with Gasteiger partial charge in [0.2, 0.25) is 5.91 Å². The lowest BCUT2D eigenvalue weighted by atomic mass is 9.89. The van der Waals surface area contributed by atoms with E-state index in [1.807, 2.05) is 6.92 Å². The fourth-order valence-corrected chi connectivity index (χ4v) is 4.00. The van der Waals surface area contributed by atoms with Gasteiger partial charge in [0.05, 0.1) is 12.2 Å². The van der Waals surface area contributed by atoms with Crippen LogP contribution in [0.1, 0.15) is 61.4 Å². The van der Waals surface area contributed by atoms with Crippen molar-refractivity contribution in [2.24, 2.45) is 0 Å². The summed E-state index contributed by atoms with van der Waals surface area (Å²) in [7, 11) is 0. The third-order valence-electron chi connectivity index (χ3n) is 5.40. The first-order chi connectivity index (χ1) is 13.3. The maximum Gasteiger partial charge on any atom is 0.416 e. The van der Waals surface area contributed by atoms with Gasteiger partial charge in [-0.2, -0.15) is 13.2 Å². The number of alkyl halides is 3. The van der Waals surface area contributed by atoms with Crippen molar-refractivity contribution in [3.8, 4) is 0 Å². The van der Waals surface area contributed by atoms with E-state index in [9.17, 15) is 22.8 Å². The van der Waals surface area contributed by atoms with Gasteiger partial charge in [-0.3, -0.25) is 14.5 Å². The predicted molar refractivity (Wildman–Crippen MR) is 96.5 cm³/mol. The highest BCUT2D eigenvalue weighted by atomic mass is 19.4. The van der Waals surface area contributed by atoms with E-state index in [1.54, 1.807) is 0 Å². The lowest BCUT2D eigenvalue weighted by Gasteiger charge is -2.41. The van der Waals surface area contributed by atoms with Crippen molar-refractivity contribution in [3.05, 3.63) is 35.4 Å². The standard InChI is InChI=1S/C20H25F3N2O3/c1-2-11-24-17(26)16-13-28-19(9-4-3-5-10-19)25(16)18(27)14-7-6-8-15(12-14)20(21,22)23/h6-8,12,16H,2-5,9-11,13H2,1H3,(H,24,26). The molecule has 2 fully saturated rings. The minimum Gasteiger partial charge on any atom is -0.354 e. The molecule has 0 aromatic heterocycles. The summed E-state index contributed by atoms with van der Waals surface area (Å²) in [6, 6.07) is 3.50. The summed E-state index contributed by atoms with van der Waals surface area (Å²) in [5, 5.41) is 2.78. The third-order valence-corrected chi connectivity index (χ3v) is 5.40. The number of rotatable bonds is 4. The van der Waals surface area contributed by atoms with Gasteiger partial charge in [0.1, 0.15) is 11.8 Å². The largest absolute Gasteiger partial charge is 0.416 e. The molecular weight excluding hydrogens is 373 g/mol. The van der Waals surface area contributed by atoms with Crippen molar-refractivity contribution in [1.82, 2.24) is 10.2 Å². The molecular formula is C20H25F3N2O3. The summed E-state index contributed by atoms with van der Waals surface area (Å²) in [6.07, 6.45) is 0.0452. The van der Waals surface area contributed by atoms with Crippen LogP contribution < -0.4 is 5.32 Å². The average molecular weight is 398 g/mol. The molecule has 1 aliphatic carbocycles. The molecule has 0 radical (unpaired) electrons. The van der Waals surface area contributed by atoms with Gasteiger partial charge in [-0.05, 0) is 50.3 Å². The predicted octanol–water partition coefficient (Wildman–Crippen LogP) is 3.73. The van der Waals surface area contributed by atoms with E-state index in [0.717, 1.165) is 37.8 Å². The number of hydrogen-bond donors (Lipinski definition) is 1. The van der Waals surface area contributed by atoms with Crippen LogP contribution in [0.3, 0.4) is 0 Å². The van der Waals surface area contributed by atoms with E-state index in [0.29, 0.717) is 19.4 Å². The average Bonchev–Trinajstić information content (AvgIpc) is 3.04. The number of ether oxygens (including phenoxy) is 1. The Morgan fingerprint density at radius 1 is 1.25 bits per heavy atom. The Kier molecular flexibility index (Phi) is 5.98. The van der Waals surface area contributed by atoms with Crippen molar-refractivity contribution in [2.45, 2.75) is 63.4 Å². The van der Waals surface area contributed by atoms with E-state index in [2.05, 4.69) is 5.32 Å². The smallest absolute Gasteiger partial charge is 0.354 e. The molecule has 1 unspecified atom stereocenters. The van der Waals surface area contributed by atoms with Crippen molar-refractivity contribution in [1.29, 1.82) is 0 Å². The fourth-order valence-electron chi connectivity index (χ4n) is 4.00. The number of carbonyl (C=O) groups is 2. The number of halogens is 3. The number of hydrogen-bond acceptors (Lipinski definition) is 3. The lowest BCUT2D eigenvalue weighted by molar-refractivity contribution is -0.137. The highest BCUT2D eigenvalue weighted by Crippen LogP contribution is 2.41. The molecule has 2 amide bonds. The van der Waals surface area contributed by atoms with E-state index in [4.69, 9.17) is 4.74 Å². The van der Waals surface area contributed by atoms with E-state index >= 15 is 0 Å². The van der Waals surface area contributed by atoms with Crippen molar-refractivity contribution >= 4 is 11.8 Å². The minimum absolute atomic E-state index is 0.0558. The van der Waals surface area contributed by atoms with Crippen LogP contribution >= 0.6 is 0 Å². The molecule has 1 aromatic carbocycles. The van der Waals surface area contributed by atoms with Gasteiger partial charge >= 0.3 is 6.18 Å². The number of carbonyl (C=O) groups excluding carboxylic acids is 2. The lowest BCUT2D eigenvalue weighted by Crippen LogP contribution is -2.56. The van der Waals surface area contributed by atoms with Gasteiger partial charge in [-0.25, -0.2) is 0 Å². The Morgan fingerprint density at radius 2 is 1.96 bits per heavy atom. The zero-order valence-electron chi connectivity index (χ0n) is 15.8. The van der Waals surface area contributed by atoms with Crippen molar-refractivity contribution in [3.63, 3.8) is 0 Å². The van der Waals surface area contributed by atoms with Gasteiger partial charge in [0.25, 0.3) is 5.91 Å². The second-order valence-corrected chi connectivity index (χ2v) is 7.38. The Morgan fingerprint density at radius 3 is 2.61 bits per heavy atom. The summed E-state index contributed by atoms with van der Waals surface area (Å²) < 4.78 is 45.2. The SMILES string of the molecule is CCCNC(=O)C1COC2(CCCCC2)N1C(=O)c1cccc(C(F)(F)F)c1. The van der Waals surface area contributed by atoms with Crippen LogP contribution in [-0.2, 0) is 15.7 Å². The molecule has 0 bridgehead atoms. The topological polar surface area (TPSA) is 58.6 Å². The highest BCUT2D eigenvalue weighted by Gasteiger charge is 2.53. The van der Waals surface area contributed by atoms with E-state index in [-0.39, 0.29) is 18.1 Å². The number of benzene rings is 1. The van der Waals surface area contributed by atoms with Crippen LogP contribution in [0.25, 0.3) is 0 Å². The molecule has 1 aliphatic heterocycles. The maximum absolute atomic E-state index is 13.3. The van der Waals surface area contributed by atoms with Crippen LogP contribution in [-0.4, -0.2) is 41.6 Å². The van der Waals surface area contributed by atoms with Crippen LogP contribution in [0.15, 0.2) is 24.3 Å². The molecule has 28 heavy (non-hydrogen) atoms. The van der Waals surface area contributed by atoms with Gasteiger partial charge in [0.15, 0.2) is 0 Å². The summed E-state index contributed by atoms with van der Waals surface area (Å²) in [6.45, 7) is 2.44. The summed E-state index contributed by atoms with van der Waals surface area (Å²) in [4.78, 5) is 27.3. The molecule has 1 spiro atoms. The number of amides is 2. The van der Waals surface area contributed by atoms with Gasteiger partial charge in [0, 0.05) is 12.1 Å². The first kappa shape index (κ1) is 20.6. The molecule has 154 valence electrons. The Labute approximate surface area is 162 Å². The van der Waals surface area contributed by atoms with Gasteiger partial charge in [-0.1, -0.05) is 19.4 Å². The molecule has 1 saturated heterocycles. The van der Waals surface area contributed by atoms with Gasteiger partial charge in [-0.15, -0.1) is 0 Å². The van der Waals surface area contributed by atoms with Crippen LogP contribution in [0.4, 0.5) is 13.2 Å². The van der Waals surface area contributed by atoms with Crippen molar-refractivity contribution in [2.75, 3.05) is 13.2 Å². The second-order valence-electron chi connectivity index (χ2n) is 7.38. The fraction of sp³-hybridized carbons (Fsp3) is 0.600. The van der Waals surface area contributed by atoms with E-state index in [1.165, 1.54) is 17.0 Å². The number of nitrogens with one attached hydrogen (secondary N) is 1. The molecule has 8 heteroatoms. The normalized spacial score (nSPS) is 21.7. The zero-order valence-corrected chi connectivity index (χ0v) is 15.8. The van der Waals surface area contributed by atoms with Crippen LogP contribution in [0.5, 0.6) is 0 Å². The summed E-state index contributed by atoms with van der Waals surface area (Å²) in [5.74, 6) is -0.924. The molecule has 2 aliphatic rings. The van der Waals surface area contributed by atoms with Crippen LogP contribution in [0, 0.1) is 0 Å². The second kappa shape index (κ2) is 8.11. The van der Waals surface area contributed by atoms with Crippen molar-refractivity contribution < 1.29 is 27.5 Å². The van der Waals surface area contributed by atoms with Gasteiger partial charge < -0.3 is 10.1 Å². The molecule has 3 rings (SSSR count). The molecule has 1 atom stereocenters. The Balaban J connectivity index is 1.94. The monoisotopic (exact) mass is 398 g/mol. The Bertz CT molecular complexity index is 730. The minimum atomic E-state index is -4.54. The van der Waals surface area contributed by atoms with E-state index < -0.39 is 29.4 Å². The molecule has 1 heterocycles. The Hall–Kier alpha value is -2.09. The quantitative estimate of drug-likeness (QED) is 0.841. The summed E-state index contributed by atoms with van der Waals surface area (Å²) >= 11 is 0. The molecule has 5 nitrogen and oxygen atoms in total.